The van der Waals surface area contributed by atoms with Gasteiger partial charge < -0.3 is 10.1 Å². The number of rotatable bonds is 4. The Morgan fingerprint density at radius 1 is 1.64 bits per heavy atom. The minimum Gasteiger partial charge on any atom is -0.378 e. The normalized spacial score (nSPS) is 28.0. The lowest BCUT2D eigenvalue weighted by Crippen LogP contribution is -2.41. The first-order valence-corrected chi connectivity index (χ1v) is 5.65. The molecule has 1 N–H and O–H groups in total. The van der Waals surface area contributed by atoms with E-state index in [0.29, 0.717) is 29.6 Å². The van der Waals surface area contributed by atoms with Crippen molar-refractivity contribution in [3.05, 3.63) is 11.6 Å². The lowest BCUT2D eigenvalue weighted by atomic mass is 9.95. The molecule has 0 amide bonds. The smallest absolute Gasteiger partial charge is 0.0612 e. The van der Waals surface area contributed by atoms with Gasteiger partial charge in [-0.05, 0) is 18.8 Å². The molecule has 2 nitrogen and oxygen atoms in total. The molecule has 1 heterocycles. The van der Waals surface area contributed by atoms with Crippen LogP contribution in [0, 0.1) is 5.92 Å². The van der Waals surface area contributed by atoms with Gasteiger partial charge in [-0.3, -0.25) is 0 Å². The predicted molar refractivity (Wildman–Crippen MR) is 60.6 cm³/mol. The van der Waals surface area contributed by atoms with Gasteiger partial charge in [0.25, 0.3) is 0 Å². The molecular weight excluding hydrogens is 198 g/mol. The predicted octanol–water partition coefficient (Wildman–Crippen LogP) is 2.53. The highest BCUT2D eigenvalue weighted by Gasteiger charge is 2.24. The number of hydrogen-bond donors (Lipinski definition) is 1. The Hall–Kier alpha value is -0.0500. The molecule has 1 fully saturated rings. The van der Waals surface area contributed by atoms with E-state index < -0.39 is 0 Å². The van der Waals surface area contributed by atoms with Gasteiger partial charge in [-0.15, -0.1) is 0 Å². The second-order valence-electron chi connectivity index (χ2n) is 4.27. The highest BCUT2D eigenvalue weighted by molar-refractivity contribution is 6.29. The Kier molecular flexibility index (Phi) is 4.93. The molecule has 1 aliphatic rings. The van der Waals surface area contributed by atoms with E-state index in [1.165, 1.54) is 0 Å². The largest absolute Gasteiger partial charge is 0.378 e. The summed E-state index contributed by atoms with van der Waals surface area (Å²) in [5.74, 6) is 0.596. The first kappa shape index (κ1) is 12.0. The number of ether oxygens (including phenoxy) is 1. The average Bonchev–Trinajstić information content (AvgIpc) is 2.15. The molecule has 82 valence electrons. The zero-order valence-electron chi connectivity index (χ0n) is 9.05. The van der Waals surface area contributed by atoms with Crippen LogP contribution in [0.3, 0.4) is 0 Å². The van der Waals surface area contributed by atoms with Gasteiger partial charge in [0.15, 0.2) is 0 Å². The summed E-state index contributed by atoms with van der Waals surface area (Å²) >= 11 is 5.71. The second-order valence-corrected chi connectivity index (χ2v) is 4.81. The summed E-state index contributed by atoms with van der Waals surface area (Å²) in [7, 11) is 0. The van der Waals surface area contributed by atoms with Gasteiger partial charge in [0.1, 0.15) is 0 Å². The third kappa shape index (κ3) is 3.99. The number of hydrogen-bond acceptors (Lipinski definition) is 2. The molecule has 14 heavy (non-hydrogen) atoms. The topological polar surface area (TPSA) is 21.3 Å². The summed E-state index contributed by atoms with van der Waals surface area (Å²) in [5, 5.41) is 4.07. The van der Waals surface area contributed by atoms with Crippen LogP contribution in [0.15, 0.2) is 11.6 Å². The fraction of sp³-hybridized carbons (Fsp3) is 0.818. The highest BCUT2D eigenvalue weighted by Crippen LogP contribution is 2.20. The van der Waals surface area contributed by atoms with E-state index in [1.54, 1.807) is 0 Å². The number of halogens is 1. The van der Waals surface area contributed by atoms with Crippen LogP contribution >= 0.6 is 11.6 Å². The summed E-state index contributed by atoms with van der Waals surface area (Å²) in [6.07, 6.45) is 2.56. The summed E-state index contributed by atoms with van der Waals surface area (Å²) in [6, 6.07) is 0.534. The van der Waals surface area contributed by atoms with Crippen molar-refractivity contribution in [3.8, 4) is 0 Å². The fourth-order valence-electron chi connectivity index (χ4n) is 1.73. The summed E-state index contributed by atoms with van der Waals surface area (Å²) < 4.78 is 5.68. The van der Waals surface area contributed by atoms with Gasteiger partial charge in [-0.25, -0.2) is 0 Å². The first-order valence-electron chi connectivity index (χ1n) is 5.28. The van der Waals surface area contributed by atoms with Crippen LogP contribution in [0.25, 0.3) is 0 Å². The van der Waals surface area contributed by atoms with E-state index in [0.717, 1.165) is 19.4 Å². The third-order valence-electron chi connectivity index (χ3n) is 2.64. The van der Waals surface area contributed by atoms with Crippen molar-refractivity contribution in [2.75, 3.05) is 13.2 Å². The maximum atomic E-state index is 5.71. The quantitative estimate of drug-likeness (QED) is 0.782. The zero-order valence-corrected chi connectivity index (χ0v) is 9.81. The van der Waals surface area contributed by atoms with Crippen LogP contribution in [-0.4, -0.2) is 25.3 Å². The Balaban J connectivity index is 2.29. The van der Waals surface area contributed by atoms with Crippen molar-refractivity contribution in [1.82, 2.24) is 5.32 Å². The van der Waals surface area contributed by atoms with Crippen molar-refractivity contribution < 1.29 is 4.74 Å². The van der Waals surface area contributed by atoms with Crippen LogP contribution < -0.4 is 5.32 Å². The summed E-state index contributed by atoms with van der Waals surface area (Å²) in [6.45, 7) is 9.63. The third-order valence-corrected chi connectivity index (χ3v) is 2.77. The van der Waals surface area contributed by atoms with Crippen LogP contribution in [0.4, 0.5) is 0 Å². The molecule has 0 aliphatic carbocycles. The van der Waals surface area contributed by atoms with Gasteiger partial charge >= 0.3 is 0 Å². The Labute approximate surface area is 91.7 Å². The van der Waals surface area contributed by atoms with Crippen LogP contribution in [0.1, 0.15) is 26.7 Å². The molecule has 0 saturated carbocycles. The molecule has 0 spiro atoms. The summed E-state index contributed by atoms with van der Waals surface area (Å²) in [4.78, 5) is 0. The van der Waals surface area contributed by atoms with Crippen molar-refractivity contribution >= 4 is 11.6 Å². The fourth-order valence-corrected chi connectivity index (χ4v) is 1.81. The number of nitrogens with one attached hydrogen (secondary N) is 1. The van der Waals surface area contributed by atoms with Gasteiger partial charge in [0.05, 0.1) is 6.10 Å². The summed E-state index contributed by atoms with van der Waals surface area (Å²) in [5.41, 5.74) is 0. The van der Waals surface area contributed by atoms with E-state index in [2.05, 4.69) is 25.7 Å². The molecule has 1 rings (SSSR count). The molecule has 0 aromatic carbocycles. The van der Waals surface area contributed by atoms with Gasteiger partial charge in [0, 0.05) is 24.2 Å². The molecule has 2 atom stereocenters. The lowest BCUT2D eigenvalue weighted by Gasteiger charge is -2.32. The second kappa shape index (κ2) is 5.74. The molecule has 0 bridgehead atoms. The van der Waals surface area contributed by atoms with Crippen molar-refractivity contribution in [3.63, 3.8) is 0 Å². The Morgan fingerprint density at radius 3 is 2.93 bits per heavy atom. The monoisotopic (exact) mass is 217 g/mol. The van der Waals surface area contributed by atoms with Gasteiger partial charge in [-0.2, -0.15) is 0 Å². The van der Waals surface area contributed by atoms with E-state index >= 15 is 0 Å². The molecule has 0 radical (unpaired) electrons. The van der Waals surface area contributed by atoms with E-state index in [1.807, 2.05) is 0 Å². The maximum Gasteiger partial charge on any atom is 0.0612 e. The van der Waals surface area contributed by atoms with Gasteiger partial charge in [-0.1, -0.05) is 32.0 Å². The molecule has 0 aromatic heterocycles. The van der Waals surface area contributed by atoms with Crippen molar-refractivity contribution in [1.29, 1.82) is 0 Å². The minimum absolute atomic E-state index is 0.393. The minimum atomic E-state index is 0.393. The van der Waals surface area contributed by atoms with E-state index in [-0.39, 0.29) is 0 Å². The molecule has 1 aliphatic heterocycles. The highest BCUT2D eigenvalue weighted by atomic mass is 35.5. The molecule has 3 heteroatoms. The van der Waals surface area contributed by atoms with E-state index in [9.17, 15) is 0 Å². The van der Waals surface area contributed by atoms with Crippen LogP contribution in [0.2, 0.25) is 0 Å². The molecule has 1 saturated heterocycles. The average molecular weight is 218 g/mol. The Morgan fingerprint density at radius 2 is 2.36 bits per heavy atom. The van der Waals surface area contributed by atoms with Crippen LogP contribution in [0.5, 0.6) is 0 Å². The zero-order chi connectivity index (χ0) is 10.6. The first-order chi connectivity index (χ1) is 6.59. The molecule has 2 unspecified atom stereocenters. The van der Waals surface area contributed by atoms with Crippen molar-refractivity contribution in [2.45, 2.75) is 38.8 Å². The maximum absolute atomic E-state index is 5.71. The van der Waals surface area contributed by atoms with E-state index in [4.69, 9.17) is 16.3 Å². The van der Waals surface area contributed by atoms with Crippen LogP contribution in [-0.2, 0) is 4.74 Å². The standard InChI is InChI=1S/C11H20ClNO/c1-8(2)11-6-10(4-5-14-11)13-7-9(3)12/h8,10-11,13H,3-7H2,1-2H3. The molecular formula is C11H20ClNO. The Bertz CT molecular complexity index is 194. The van der Waals surface area contributed by atoms with Crippen molar-refractivity contribution in [2.24, 2.45) is 5.92 Å². The lowest BCUT2D eigenvalue weighted by molar-refractivity contribution is -0.0238. The SMILES string of the molecule is C=C(Cl)CNC1CCOC(C(C)C)C1. The van der Waals surface area contributed by atoms with Gasteiger partial charge in [0.2, 0.25) is 0 Å². The molecule has 0 aromatic rings.